The van der Waals surface area contributed by atoms with Gasteiger partial charge in [-0.3, -0.25) is 4.79 Å². The number of primary amides is 1. The Bertz CT molecular complexity index is 1160. The number of rotatable bonds is 6. The van der Waals surface area contributed by atoms with Crippen LogP contribution in [0.4, 0.5) is 13.2 Å². The summed E-state index contributed by atoms with van der Waals surface area (Å²) in [4.78, 5) is 24.8. The molecule has 2 aromatic carbocycles. The standard InChI is InChI=1S/C21H18ClF3N4O2/c22-15-4-5-17-16(10-15)13(11-27-17)6-7-29-20(19(26)30)28-18(31-29)9-12-2-1-3-14(8-12)21(23,24)25/h1-5,8,10-11,20,27H,6-7,9H2,(H2,26,30). The number of aromatic amines is 1. The zero-order chi connectivity index (χ0) is 22.2. The summed E-state index contributed by atoms with van der Waals surface area (Å²) in [6, 6.07) is 10.4. The lowest BCUT2D eigenvalue weighted by atomic mass is 10.1. The van der Waals surface area contributed by atoms with Crippen molar-refractivity contribution in [3.05, 3.63) is 70.4 Å². The highest BCUT2D eigenvalue weighted by molar-refractivity contribution is 6.31. The van der Waals surface area contributed by atoms with E-state index in [1.165, 1.54) is 11.1 Å². The lowest BCUT2D eigenvalue weighted by Crippen LogP contribution is -2.40. The molecule has 6 nitrogen and oxygen atoms in total. The SMILES string of the molecule is NC(=O)C1N=C(Cc2cccc(C(F)(F)F)c2)ON1CCc1c[nH]c2ccc(Cl)cc12. The molecule has 3 aromatic rings. The number of halogens is 4. The number of carbonyl (C=O) groups is 1. The maximum Gasteiger partial charge on any atom is 0.416 e. The summed E-state index contributed by atoms with van der Waals surface area (Å²) in [5, 5.41) is 2.90. The number of hydroxylamine groups is 2. The van der Waals surface area contributed by atoms with Crippen molar-refractivity contribution < 1.29 is 22.8 Å². The van der Waals surface area contributed by atoms with Gasteiger partial charge in [-0.15, -0.1) is 5.06 Å². The number of nitrogens with zero attached hydrogens (tertiary/aromatic N) is 2. The first kappa shape index (κ1) is 21.2. The summed E-state index contributed by atoms with van der Waals surface area (Å²) in [5.41, 5.74) is 6.94. The lowest BCUT2D eigenvalue weighted by Gasteiger charge is -2.19. The Morgan fingerprint density at radius 1 is 1.26 bits per heavy atom. The number of aliphatic imine (C=N–C) groups is 1. The first-order chi connectivity index (χ1) is 14.7. The van der Waals surface area contributed by atoms with Crippen LogP contribution in [0.15, 0.2) is 53.7 Å². The summed E-state index contributed by atoms with van der Waals surface area (Å²) < 4.78 is 38.8. The zero-order valence-corrected chi connectivity index (χ0v) is 16.9. The van der Waals surface area contributed by atoms with Crippen molar-refractivity contribution in [1.82, 2.24) is 10.0 Å². The second-order valence-electron chi connectivity index (χ2n) is 7.16. The Morgan fingerprint density at radius 2 is 2.06 bits per heavy atom. The van der Waals surface area contributed by atoms with Crippen LogP contribution in [0.2, 0.25) is 5.02 Å². The van der Waals surface area contributed by atoms with Gasteiger partial charge in [-0.1, -0.05) is 29.8 Å². The molecule has 1 aromatic heterocycles. The molecular formula is C21H18ClF3N4O2. The van der Waals surface area contributed by atoms with Crippen molar-refractivity contribution >= 4 is 34.3 Å². The van der Waals surface area contributed by atoms with Crippen LogP contribution in [0.25, 0.3) is 10.9 Å². The van der Waals surface area contributed by atoms with Gasteiger partial charge in [0.05, 0.1) is 12.0 Å². The molecule has 1 atom stereocenters. The number of carbonyl (C=O) groups excluding carboxylic acids is 1. The number of H-pyrrole nitrogens is 1. The van der Waals surface area contributed by atoms with E-state index in [0.29, 0.717) is 23.6 Å². The zero-order valence-electron chi connectivity index (χ0n) is 16.1. The molecule has 162 valence electrons. The number of nitrogens with two attached hydrogens (primary N) is 1. The van der Waals surface area contributed by atoms with Crippen LogP contribution in [-0.2, 0) is 28.7 Å². The van der Waals surface area contributed by atoms with Crippen LogP contribution in [0.1, 0.15) is 16.7 Å². The van der Waals surface area contributed by atoms with Crippen LogP contribution in [0.5, 0.6) is 0 Å². The van der Waals surface area contributed by atoms with Crippen LogP contribution >= 0.6 is 11.6 Å². The normalized spacial score (nSPS) is 17.0. The third kappa shape index (κ3) is 4.67. The maximum atomic E-state index is 12.9. The van der Waals surface area contributed by atoms with E-state index in [4.69, 9.17) is 22.2 Å². The predicted molar refractivity (Wildman–Crippen MR) is 110 cm³/mol. The van der Waals surface area contributed by atoms with E-state index >= 15 is 0 Å². The average Bonchev–Trinajstić information content (AvgIpc) is 3.29. The fourth-order valence-electron chi connectivity index (χ4n) is 3.48. The molecule has 0 saturated heterocycles. The number of amides is 1. The lowest BCUT2D eigenvalue weighted by molar-refractivity contribution is -0.138. The molecule has 0 fully saturated rings. The molecule has 1 aliphatic heterocycles. The Hall–Kier alpha value is -3.04. The smallest absolute Gasteiger partial charge is 0.388 e. The molecule has 4 rings (SSSR count). The van der Waals surface area contributed by atoms with Crippen molar-refractivity contribution in [2.75, 3.05) is 6.54 Å². The van der Waals surface area contributed by atoms with Gasteiger partial charge in [0.25, 0.3) is 5.91 Å². The molecule has 1 unspecified atom stereocenters. The fraction of sp³-hybridized carbons (Fsp3) is 0.238. The second kappa shape index (κ2) is 8.24. The molecule has 3 N–H and O–H groups in total. The number of alkyl halides is 3. The van der Waals surface area contributed by atoms with Gasteiger partial charge in [-0.25, -0.2) is 4.99 Å². The van der Waals surface area contributed by atoms with Crippen molar-refractivity contribution in [3.8, 4) is 0 Å². The van der Waals surface area contributed by atoms with E-state index in [9.17, 15) is 18.0 Å². The van der Waals surface area contributed by atoms with Crippen LogP contribution in [0.3, 0.4) is 0 Å². The number of aromatic nitrogens is 1. The Kier molecular flexibility index (Phi) is 5.63. The van der Waals surface area contributed by atoms with Crippen molar-refractivity contribution in [2.45, 2.75) is 25.2 Å². The van der Waals surface area contributed by atoms with E-state index in [-0.39, 0.29) is 12.3 Å². The molecule has 2 heterocycles. The number of benzene rings is 2. The monoisotopic (exact) mass is 450 g/mol. The topological polar surface area (TPSA) is 83.7 Å². The highest BCUT2D eigenvalue weighted by Crippen LogP contribution is 2.30. The van der Waals surface area contributed by atoms with E-state index in [0.717, 1.165) is 28.6 Å². The molecule has 0 aliphatic carbocycles. The summed E-state index contributed by atoms with van der Waals surface area (Å²) >= 11 is 6.08. The molecule has 10 heteroatoms. The van der Waals surface area contributed by atoms with Gasteiger partial charge < -0.3 is 15.6 Å². The Balaban J connectivity index is 1.46. The highest BCUT2D eigenvalue weighted by atomic mass is 35.5. The van der Waals surface area contributed by atoms with Gasteiger partial charge in [-0.05, 0) is 41.8 Å². The van der Waals surface area contributed by atoms with Gasteiger partial charge >= 0.3 is 6.18 Å². The quantitative estimate of drug-likeness (QED) is 0.593. The molecule has 0 spiro atoms. The first-order valence-corrected chi connectivity index (χ1v) is 9.81. The van der Waals surface area contributed by atoms with Crippen LogP contribution in [0, 0.1) is 0 Å². The molecule has 0 bridgehead atoms. The third-order valence-electron chi connectivity index (χ3n) is 4.96. The second-order valence-corrected chi connectivity index (χ2v) is 7.60. The van der Waals surface area contributed by atoms with Crippen molar-refractivity contribution in [3.63, 3.8) is 0 Å². The highest BCUT2D eigenvalue weighted by Gasteiger charge is 2.34. The number of nitrogens with one attached hydrogen (secondary N) is 1. The molecule has 0 radical (unpaired) electrons. The molecule has 0 saturated carbocycles. The summed E-state index contributed by atoms with van der Waals surface area (Å²) in [5.74, 6) is -0.578. The average molecular weight is 451 g/mol. The minimum atomic E-state index is -4.45. The van der Waals surface area contributed by atoms with Gasteiger partial charge in [0, 0.05) is 28.7 Å². The minimum Gasteiger partial charge on any atom is -0.388 e. The van der Waals surface area contributed by atoms with Crippen molar-refractivity contribution in [1.29, 1.82) is 0 Å². The van der Waals surface area contributed by atoms with E-state index in [1.807, 2.05) is 18.3 Å². The number of fused-ring (bicyclic) bond motifs is 1. The Morgan fingerprint density at radius 3 is 2.81 bits per heavy atom. The van der Waals surface area contributed by atoms with Crippen LogP contribution in [-0.4, -0.2) is 34.6 Å². The van der Waals surface area contributed by atoms with E-state index in [1.54, 1.807) is 12.1 Å². The summed E-state index contributed by atoms with van der Waals surface area (Å²) in [7, 11) is 0. The van der Waals surface area contributed by atoms with Crippen LogP contribution < -0.4 is 5.73 Å². The van der Waals surface area contributed by atoms with E-state index < -0.39 is 23.8 Å². The van der Waals surface area contributed by atoms with E-state index in [2.05, 4.69) is 9.98 Å². The Labute approximate surface area is 180 Å². The third-order valence-corrected chi connectivity index (χ3v) is 5.19. The summed E-state index contributed by atoms with van der Waals surface area (Å²) in [6.45, 7) is 0.294. The summed E-state index contributed by atoms with van der Waals surface area (Å²) in [6.07, 6.45) is -3.13. The van der Waals surface area contributed by atoms with Crippen molar-refractivity contribution in [2.24, 2.45) is 10.7 Å². The first-order valence-electron chi connectivity index (χ1n) is 9.43. The minimum absolute atomic E-state index is 0.00684. The van der Waals surface area contributed by atoms with Gasteiger partial charge in [0.2, 0.25) is 12.1 Å². The molecule has 1 aliphatic rings. The largest absolute Gasteiger partial charge is 0.416 e. The fourth-order valence-corrected chi connectivity index (χ4v) is 3.65. The number of hydrogen-bond acceptors (Lipinski definition) is 4. The molecule has 1 amide bonds. The number of hydrogen-bond donors (Lipinski definition) is 2. The maximum absolute atomic E-state index is 12.9. The van der Waals surface area contributed by atoms with Gasteiger partial charge in [0.15, 0.2) is 0 Å². The molecular weight excluding hydrogens is 433 g/mol. The predicted octanol–water partition coefficient (Wildman–Crippen LogP) is 4.08. The van der Waals surface area contributed by atoms with Gasteiger partial charge in [0.1, 0.15) is 0 Å². The van der Waals surface area contributed by atoms with Gasteiger partial charge in [-0.2, -0.15) is 13.2 Å². The molecule has 31 heavy (non-hydrogen) atoms.